The molecule has 0 unspecified atom stereocenters. The zero-order chi connectivity index (χ0) is 20.9. The second-order valence-corrected chi connectivity index (χ2v) is 10.5. The van der Waals surface area contributed by atoms with Gasteiger partial charge in [-0.05, 0) is 46.7 Å². The van der Waals surface area contributed by atoms with Gasteiger partial charge in [0.15, 0.2) is 5.78 Å². The van der Waals surface area contributed by atoms with Gasteiger partial charge in [-0.3, -0.25) is 4.79 Å². The molecule has 150 valence electrons. The lowest BCUT2D eigenvalue weighted by molar-refractivity contribution is -0.0496. The minimum atomic E-state index is -5.98. The normalized spacial score (nSPS) is 16.6. The quantitative estimate of drug-likeness (QED) is 0.521. The van der Waals surface area contributed by atoms with Gasteiger partial charge >= 0.3 is 15.6 Å². The molecule has 3 aromatic rings. The van der Waals surface area contributed by atoms with Gasteiger partial charge in [-0.25, -0.2) is 0 Å². The first-order valence-electron chi connectivity index (χ1n) is 8.32. The second kappa shape index (κ2) is 6.72. The Morgan fingerprint density at radius 2 is 1.17 bits per heavy atom. The first kappa shape index (κ1) is 19.7. The topological polar surface area (TPSA) is 60.4 Å². The van der Waals surface area contributed by atoms with Crippen LogP contribution in [-0.4, -0.2) is 19.7 Å². The molecule has 0 atom stereocenters. The van der Waals surface area contributed by atoms with E-state index in [1.54, 1.807) is 30.3 Å². The Kier molecular flexibility index (Phi) is 4.56. The zero-order valence-corrected chi connectivity index (χ0v) is 16.2. The molecule has 0 amide bonds. The first-order chi connectivity index (χ1) is 13.7. The minimum absolute atomic E-state index is 0.113. The third-order valence-electron chi connectivity index (χ3n) is 4.43. The van der Waals surface area contributed by atoms with Crippen LogP contribution in [0.5, 0.6) is 0 Å². The summed E-state index contributed by atoms with van der Waals surface area (Å²) in [5.74, 6) is -0.400. The number of hydrogen-bond donors (Lipinski definition) is 0. The van der Waals surface area contributed by atoms with Gasteiger partial charge in [-0.15, -0.1) is 0 Å². The van der Waals surface area contributed by atoms with Gasteiger partial charge < -0.3 is 0 Å². The van der Waals surface area contributed by atoms with Gasteiger partial charge in [-0.2, -0.15) is 25.2 Å². The second-order valence-electron chi connectivity index (χ2n) is 6.16. The third-order valence-corrected chi connectivity index (χ3v) is 9.42. The SMILES string of the molecule is O=C1c2ccccc2S(OS(=O)(=O)C(F)(F)F)(c2ccccc2)c2ccccc21. The van der Waals surface area contributed by atoms with Crippen molar-refractivity contribution in [3.63, 3.8) is 0 Å². The molecule has 0 saturated heterocycles. The summed E-state index contributed by atoms with van der Waals surface area (Å²) in [6.45, 7) is 0. The van der Waals surface area contributed by atoms with Crippen molar-refractivity contribution < 1.29 is 30.0 Å². The molecule has 0 aliphatic carbocycles. The van der Waals surface area contributed by atoms with Crippen LogP contribution in [0.2, 0.25) is 0 Å². The molecule has 4 rings (SSSR count). The number of ketones is 1. The largest absolute Gasteiger partial charge is 0.524 e. The summed E-state index contributed by atoms with van der Waals surface area (Å²) in [7, 11) is -9.38. The van der Waals surface area contributed by atoms with Crippen molar-refractivity contribution in [1.82, 2.24) is 0 Å². The smallest absolute Gasteiger partial charge is 0.289 e. The Balaban J connectivity index is 2.15. The van der Waals surface area contributed by atoms with Crippen LogP contribution in [0.1, 0.15) is 15.9 Å². The number of halogens is 3. The molecule has 3 aromatic carbocycles. The van der Waals surface area contributed by atoms with E-state index in [4.69, 9.17) is 3.63 Å². The number of fused-ring (bicyclic) bond motifs is 2. The molecule has 0 radical (unpaired) electrons. The van der Waals surface area contributed by atoms with E-state index >= 15 is 0 Å². The first-order valence-corrected chi connectivity index (χ1v) is 11.3. The maximum Gasteiger partial charge on any atom is 0.524 e. The summed E-state index contributed by atoms with van der Waals surface area (Å²) in [5, 5.41) is 0. The van der Waals surface area contributed by atoms with Gasteiger partial charge in [0.2, 0.25) is 0 Å². The number of hydrogen-bond acceptors (Lipinski definition) is 4. The third kappa shape index (κ3) is 2.97. The highest BCUT2D eigenvalue weighted by Crippen LogP contribution is 2.73. The Hall–Kier alpha value is -2.62. The van der Waals surface area contributed by atoms with Crippen LogP contribution in [0.3, 0.4) is 0 Å². The maximum atomic E-state index is 13.3. The molecule has 0 aromatic heterocycles. The molecule has 4 nitrogen and oxygen atoms in total. The zero-order valence-electron chi connectivity index (χ0n) is 14.6. The van der Waals surface area contributed by atoms with Gasteiger partial charge in [0.25, 0.3) is 0 Å². The minimum Gasteiger partial charge on any atom is -0.289 e. The Morgan fingerprint density at radius 3 is 1.66 bits per heavy atom. The van der Waals surface area contributed by atoms with Gasteiger partial charge in [0.1, 0.15) is 0 Å². The van der Waals surface area contributed by atoms with E-state index in [1.165, 1.54) is 48.5 Å². The molecule has 0 N–H and O–H groups in total. The molecule has 0 spiro atoms. The van der Waals surface area contributed by atoms with Gasteiger partial charge in [0.05, 0.1) is 0 Å². The fourth-order valence-corrected chi connectivity index (χ4v) is 8.28. The van der Waals surface area contributed by atoms with E-state index in [0.29, 0.717) is 0 Å². The summed E-state index contributed by atoms with van der Waals surface area (Å²) >= 11 is 0. The number of carbonyl (C=O) groups excluding carboxylic acids is 1. The lowest BCUT2D eigenvalue weighted by Gasteiger charge is -2.43. The fourth-order valence-electron chi connectivity index (χ4n) is 3.22. The summed E-state index contributed by atoms with van der Waals surface area (Å²) < 4.78 is 69.5. The predicted molar refractivity (Wildman–Crippen MR) is 101 cm³/mol. The molecule has 0 bridgehead atoms. The Bertz CT molecular complexity index is 1160. The van der Waals surface area contributed by atoms with Crippen LogP contribution in [-0.2, 0) is 13.7 Å². The number of alkyl halides is 3. The van der Waals surface area contributed by atoms with E-state index in [1.807, 2.05) is 0 Å². The van der Waals surface area contributed by atoms with Gasteiger partial charge in [-0.1, -0.05) is 42.5 Å². The summed E-state index contributed by atoms with van der Waals surface area (Å²) in [5.41, 5.74) is -5.39. The van der Waals surface area contributed by atoms with E-state index < -0.39 is 31.7 Å². The number of benzene rings is 3. The van der Waals surface area contributed by atoms with E-state index in [2.05, 4.69) is 0 Å². The van der Waals surface area contributed by atoms with E-state index in [-0.39, 0.29) is 25.8 Å². The summed E-state index contributed by atoms with van der Waals surface area (Å²) in [6.07, 6.45) is 0. The van der Waals surface area contributed by atoms with Crippen molar-refractivity contribution in [2.45, 2.75) is 20.2 Å². The lowest BCUT2D eigenvalue weighted by Crippen LogP contribution is -2.30. The molecule has 0 saturated carbocycles. The highest BCUT2D eigenvalue weighted by Gasteiger charge is 2.54. The molecule has 9 heteroatoms. The highest BCUT2D eigenvalue weighted by molar-refractivity contribution is 8.33. The van der Waals surface area contributed by atoms with E-state index in [0.717, 1.165) is 0 Å². The molecule has 1 aliphatic rings. The molecular formula is C20H13F3O4S2. The summed E-state index contributed by atoms with van der Waals surface area (Å²) in [4.78, 5) is 13.4. The van der Waals surface area contributed by atoms with Crippen molar-refractivity contribution in [2.24, 2.45) is 0 Å². The molecule has 1 heterocycles. The van der Waals surface area contributed by atoms with Crippen molar-refractivity contribution >= 4 is 26.2 Å². The monoisotopic (exact) mass is 438 g/mol. The molecular weight excluding hydrogens is 425 g/mol. The number of carbonyl (C=O) groups is 1. The number of rotatable bonds is 3. The van der Waals surface area contributed by atoms with Crippen LogP contribution in [0.4, 0.5) is 13.2 Å². The van der Waals surface area contributed by atoms with Crippen LogP contribution >= 0.6 is 10.3 Å². The molecule has 1 aliphatic heterocycles. The Morgan fingerprint density at radius 1 is 0.724 bits per heavy atom. The lowest BCUT2D eigenvalue weighted by atomic mass is 10.0. The standard InChI is InChI=1S/C20H13F3O4S2/c21-20(22,23)29(25,26)27-28(14-8-2-1-3-9-14)17-12-6-4-10-15(17)19(24)16-11-5-7-13-18(16)28/h1-13H. The maximum absolute atomic E-state index is 13.3. The van der Waals surface area contributed by atoms with Crippen LogP contribution < -0.4 is 0 Å². The van der Waals surface area contributed by atoms with Crippen molar-refractivity contribution in [3.05, 3.63) is 90.0 Å². The van der Waals surface area contributed by atoms with Crippen LogP contribution in [0.15, 0.2) is 93.5 Å². The van der Waals surface area contributed by atoms with Gasteiger partial charge in [0, 0.05) is 25.8 Å². The molecule has 29 heavy (non-hydrogen) atoms. The Labute approximate surface area is 166 Å². The van der Waals surface area contributed by atoms with Crippen LogP contribution in [0, 0.1) is 0 Å². The average Bonchev–Trinajstić information content (AvgIpc) is 2.71. The average molecular weight is 438 g/mol. The fraction of sp³-hybridized carbons (Fsp3) is 0.0500. The van der Waals surface area contributed by atoms with Crippen molar-refractivity contribution in [1.29, 1.82) is 0 Å². The molecule has 0 fully saturated rings. The van der Waals surface area contributed by atoms with Crippen molar-refractivity contribution in [2.75, 3.05) is 0 Å². The highest BCUT2D eigenvalue weighted by atomic mass is 32.3. The van der Waals surface area contributed by atoms with Crippen molar-refractivity contribution in [3.8, 4) is 0 Å². The summed E-state index contributed by atoms with van der Waals surface area (Å²) in [6, 6.07) is 19.8. The predicted octanol–water partition coefficient (Wildman–Crippen LogP) is 5.29. The van der Waals surface area contributed by atoms with E-state index in [9.17, 15) is 26.4 Å². The van der Waals surface area contributed by atoms with Crippen LogP contribution in [0.25, 0.3) is 0 Å².